The van der Waals surface area contributed by atoms with Crippen LogP contribution in [0.2, 0.25) is 0 Å². The fraction of sp³-hybridized carbons (Fsp3) is 0.652. The molecule has 2 N–H and O–H groups in total. The van der Waals surface area contributed by atoms with Crippen molar-refractivity contribution in [1.82, 2.24) is 10.6 Å². The molecule has 1 fully saturated rings. The zero-order valence-corrected chi connectivity index (χ0v) is 18.8. The van der Waals surface area contributed by atoms with Crippen molar-refractivity contribution in [3.63, 3.8) is 0 Å². The summed E-state index contributed by atoms with van der Waals surface area (Å²) in [6, 6.07) is 8.93. The molecule has 6 heteroatoms. The van der Waals surface area contributed by atoms with E-state index in [-0.39, 0.29) is 5.91 Å². The van der Waals surface area contributed by atoms with Gasteiger partial charge in [-0.3, -0.25) is 4.79 Å². The van der Waals surface area contributed by atoms with Crippen molar-refractivity contribution in [2.45, 2.75) is 90.4 Å². The van der Waals surface area contributed by atoms with E-state index in [4.69, 9.17) is 4.74 Å². The van der Waals surface area contributed by atoms with Crippen LogP contribution in [-0.4, -0.2) is 36.2 Å². The van der Waals surface area contributed by atoms with Gasteiger partial charge < -0.3 is 20.3 Å². The number of amides is 2. The van der Waals surface area contributed by atoms with Crippen LogP contribution in [0.4, 0.5) is 10.5 Å². The lowest BCUT2D eigenvalue weighted by Crippen LogP contribution is -2.55. The number of hydrogen-bond donors (Lipinski definition) is 2. The van der Waals surface area contributed by atoms with Crippen LogP contribution >= 0.6 is 0 Å². The molecule has 2 amide bonds. The molecule has 1 aliphatic carbocycles. The van der Waals surface area contributed by atoms with Gasteiger partial charge in [-0.25, -0.2) is 4.79 Å². The van der Waals surface area contributed by atoms with E-state index in [9.17, 15) is 9.59 Å². The maximum absolute atomic E-state index is 12.5. The van der Waals surface area contributed by atoms with Crippen LogP contribution in [0.1, 0.15) is 72.3 Å². The van der Waals surface area contributed by atoms with Crippen molar-refractivity contribution in [2.75, 3.05) is 11.9 Å². The highest BCUT2D eigenvalue weighted by atomic mass is 16.6. The van der Waals surface area contributed by atoms with E-state index in [1.807, 2.05) is 12.1 Å². The zero-order chi connectivity index (χ0) is 21.7. The summed E-state index contributed by atoms with van der Waals surface area (Å²) < 4.78 is 5.24. The van der Waals surface area contributed by atoms with Crippen molar-refractivity contribution >= 4 is 17.7 Å². The average molecular weight is 404 g/mol. The molecule has 0 unspecified atom stereocenters. The number of rotatable bonds is 6. The average Bonchev–Trinajstić information content (AvgIpc) is 2.64. The van der Waals surface area contributed by atoms with Gasteiger partial charge >= 0.3 is 6.09 Å². The van der Waals surface area contributed by atoms with Crippen molar-refractivity contribution in [1.29, 1.82) is 0 Å². The summed E-state index contributed by atoms with van der Waals surface area (Å²) >= 11 is 0. The fourth-order valence-electron chi connectivity index (χ4n) is 3.55. The number of nitrogens with zero attached hydrogens (tertiary/aromatic N) is 1. The standard InChI is InChI=1S/C23H37N3O3/c1-22(2,3)29-21(28)25-23(4,5)20(27)24-16-17-12-14-19(15-13-17)26(6)18-10-8-7-9-11-18/h12-15,18H,7-11,16H2,1-6H3,(H,24,27)(H,25,28). The number of benzene rings is 1. The van der Waals surface area contributed by atoms with Crippen molar-refractivity contribution in [3.05, 3.63) is 29.8 Å². The number of hydrogen-bond acceptors (Lipinski definition) is 4. The summed E-state index contributed by atoms with van der Waals surface area (Å²) in [5.41, 5.74) is 0.554. The first-order valence-electron chi connectivity index (χ1n) is 10.6. The SMILES string of the molecule is CN(c1ccc(CNC(=O)C(C)(C)NC(=O)OC(C)(C)C)cc1)C1CCCCC1. The number of carbonyl (C=O) groups excluding carboxylic acids is 2. The molecular weight excluding hydrogens is 366 g/mol. The van der Waals surface area contributed by atoms with Crippen molar-refractivity contribution in [3.8, 4) is 0 Å². The summed E-state index contributed by atoms with van der Waals surface area (Å²) in [5.74, 6) is -0.258. The van der Waals surface area contributed by atoms with E-state index in [2.05, 4.69) is 34.7 Å². The van der Waals surface area contributed by atoms with Crippen molar-refractivity contribution < 1.29 is 14.3 Å². The molecule has 29 heavy (non-hydrogen) atoms. The Kier molecular flexibility index (Phi) is 7.55. The Hall–Kier alpha value is -2.24. The molecule has 0 heterocycles. The molecule has 0 spiro atoms. The minimum absolute atomic E-state index is 0.258. The Bertz CT molecular complexity index is 686. The second-order valence-electron chi connectivity index (χ2n) is 9.50. The van der Waals surface area contributed by atoms with Crippen LogP contribution in [0.5, 0.6) is 0 Å². The summed E-state index contributed by atoms with van der Waals surface area (Å²) in [7, 11) is 2.16. The Balaban J connectivity index is 1.86. The van der Waals surface area contributed by atoms with Gasteiger partial charge in [0.1, 0.15) is 11.1 Å². The summed E-state index contributed by atoms with van der Waals surface area (Å²) in [4.78, 5) is 26.9. The Morgan fingerprint density at radius 3 is 2.17 bits per heavy atom. The molecule has 1 saturated carbocycles. The van der Waals surface area contributed by atoms with Crippen molar-refractivity contribution in [2.24, 2.45) is 0 Å². The van der Waals surface area contributed by atoms with Gasteiger partial charge in [-0.05, 0) is 65.2 Å². The molecule has 1 aromatic rings. The van der Waals surface area contributed by atoms with Gasteiger partial charge in [0, 0.05) is 25.3 Å². The molecule has 0 bridgehead atoms. The Morgan fingerprint density at radius 2 is 1.62 bits per heavy atom. The Labute approximate surface area is 175 Å². The number of nitrogens with one attached hydrogen (secondary N) is 2. The third-order valence-corrected chi connectivity index (χ3v) is 5.30. The predicted molar refractivity (Wildman–Crippen MR) is 117 cm³/mol. The first-order chi connectivity index (χ1) is 13.5. The van der Waals surface area contributed by atoms with Crippen LogP contribution in [0.25, 0.3) is 0 Å². The maximum atomic E-state index is 12.5. The maximum Gasteiger partial charge on any atom is 0.408 e. The summed E-state index contributed by atoms with van der Waals surface area (Å²) in [6.07, 6.45) is 5.88. The zero-order valence-electron chi connectivity index (χ0n) is 18.8. The quantitative estimate of drug-likeness (QED) is 0.740. The van der Waals surface area contributed by atoms with Crippen LogP contribution in [0.15, 0.2) is 24.3 Å². The van der Waals surface area contributed by atoms with E-state index in [0.29, 0.717) is 12.6 Å². The summed E-state index contributed by atoms with van der Waals surface area (Å²) in [6.45, 7) is 9.09. The van der Waals surface area contributed by atoms with E-state index < -0.39 is 17.2 Å². The Morgan fingerprint density at radius 1 is 1.03 bits per heavy atom. The first kappa shape index (κ1) is 23.0. The number of anilines is 1. The second kappa shape index (κ2) is 9.51. The lowest BCUT2D eigenvalue weighted by atomic mass is 9.94. The fourth-order valence-corrected chi connectivity index (χ4v) is 3.55. The van der Waals surface area contributed by atoms with Crippen LogP contribution in [-0.2, 0) is 16.1 Å². The third kappa shape index (κ3) is 7.26. The third-order valence-electron chi connectivity index (χ3n) is 5.30. The molecule has 162 valence electrons. The van der Waals surface area contributed by atoms with Crippen LogP contribution in [0.3, 0.4) is 0 Å². The lowest BCUT2D eigenvalue weighted by Gasteiger charge is -2.33. The van der Waals surface area contributed by atoms with Gasteiger partial charge in [0.25, 0.3) is 0 Å². The second-order valence-corrected chi connectivity index (χ2v) is 9.50. The van der Waals surface area contributed by atoms with Gasteiger partial charge in [-0.2, -0.15) is 0 Å². The smallest absolute Gasteiger partial charge is 0.408 e. The molecule has 0 saturated heterocycles. The monoisotopic (exact) mass is 403 g/mol. The van der Waals surface area contributed by atoms with Crippen LogP contribution < -0.4 is 15.5 Å². The highest BCUT2D eigenvalue weighted by Gasteiger charge is 2.31. The topological polar surface area (TPSA) is 70.7 Å². The van der Waals surface area contributed by atoms with Gasteiger partial charge in [-0.1, -0.05) is 31.4 Å². The minimum atomic E-state index is -1.07. The molecule has 1 aromatic carbocycles. The van der Waals surface area contributed by atoms with Gasteiger partial charge in [0.05, 0.1) is 0 Å². The normalized spacial score (nSPS) is 15.5. The molecule has 0 atom stereocenters. The van der Waals surface area contributed by atoms with Crippen LogP contribution in [0, 0.1) is 0 Å². The number of alkyl carbamates (subject to hydrolysis) is 1. The van der Waals surface area contributed by atoms with Gasteiger partial charge in [0.15, 0.2) is 0 Å². The van der Waals surface area contributed by atoms with Gasteiger partial charge in [-0.15, -0.1) is 0 Å². The predicted octanol–water partition coefficient (Wildman–Crippen LogP) is 4.38. The summed E-state index contributed by atoms with van der Waals surface area (Å²) in [5, 5.41) is 5.53. The molecular formula is C23H37N3O3. The number of carbonyl (C=O) groups is 2. The molecule has 6 nitrogen and oxygen atoms in total. The highest BCUT2D eigenvalue weighted by Crippen LogP contribution is 2.26. The number of ether oxygens (including phenoxy) is 1. The first-order valence-corrected chi connectivity index (χ1v) is 10.6. The van der Waals surface area contributed by atoms with E-state index >= 15 is 0 Å². The molecule has 1 aliphatic rings. The lowest BCUT2D eigenvalue weighted by molar-refractivity contribution is -0.126. The van der Waals surface area contributed by atoms with E-state index in [0.717, 1.165) is 5.56 Å². The highest BCUT2D eigenvalue weighted by molar-refractivity contribution is 5.89. The molecule has 0 aliphatic heterocycles. The largest absolute Gasteiger partial charge is 0.444 e. The molecule has 0 aromatic heterocycles. The van der Waals surface area contributed by atoms with E-state index in [1.54, 1.807) is 34.6 Å². The molecule has 2 rings (SSSR count). The van der Waals surface area contributed by atoms with E-state index in [1.165, 1.54) is 37.8 Å². The molecule has 0 radical (unpaired) electrons. The van der Waals surface area contributed by atoms with Gasteiger partial charge in [0.2, 0.25) is 5.91 Å². The minimum Gasteiger partial charge on any atom is -0.444 e.